The maximum absolute atomic E-state index is 12.7. The van der Waals surface area contributed by atoms with Crippen LogP contribution >= 0.6 is 0 Å². The molecule has 1 aromatic heterocycles. The van der Waals surface area contributed by atoms with Crippen molar-refractivity contribution in [3.05, 3.63) is 71.5 Å². The van der Waals surface area contributed by atoms with Crippen molar-refractivity contribution < 1.29 is 22.7 Å². The summed E-state index contributed by atoms with van der Waals surface area (Å²) >= 11 is 0. The number of hydrogen-bond acceptors (Lipinski definition) is 7. The van der Waals surface area contributed by atoms with Gasteiger partial charge in [-0.05, 0) is 62.4 Å². The van der Waals surface area contributed by atoms with Gasteiger partial charge in [0, 0.05) is 12.7 Å². The van der Waals surface area contributed by atoms with E-state index in [-0.39, 0.29) is 11.5 Å². The third-order valence-corrected chi connectivity index (χ3v) is 6.78. The van der Waals surface area contributed by atoms with E-state index in [1.165, 1.54) is 37.5 Å². The number of ether oxygens (including phenoxy) is 1. The van der Waals surface area contributed by atoms with E-state index in [4.69, 9.17) is 10.00 Å². The minimum absolute atomic E-state index is 0.0112. The van der Waals surface area contributed by atoms with Gasteiger partial charge in [-0.2, -0.15) is 14.7 Å². The van der Waals surface area contributed by atoms with Crippen LogP contribution in [0.3, 0.4) is 0 Å². The lowest BCUT2D eigenvalue weighted by atomic mass is 10.2. The van der Waals surface area contributed by atoms with Gasteiger partial charge in [0.2, 0.25) is 15.9 Å². The number of carbonyl (C=O) groups excluding carboxylic acids is 2. The summed E-state index contributed by atoms with van der Waals surface area (Å²) in [5.74, 6) is -0.970. The van der Waals surface area contributed by atoms with Crippen molar-refractivity contribution in [2.75, 3.05) is 25.5 Å². The van der Waals surface area contributed by atoms with Crippen molar-refractivity contribution in [1.29, 1.82) is 5.26 Å². The number of esters is 1. The molecule has 2 aromatic carbocycles. The molecule has 0 saturated carbocycles. The molecular weight excluding hydrogens is 458 g/mol. The Morgan fingerprint density at radius 2 is 1.79 bits per heavy atom. The number of sulfonamides is 1. The summed E-state index contributed by atoms with van der Waals surface area (Å²) in [7, 11) is -2.59. The van der Waals surface area contributed by atoms with E-state index in [9.17, 15) is 18.0 Å². The zero-order chi connectivity index (χ0) is 24.9. The van der Waals surface area contributed by atoms with Gasteiger partial charge < -0.3 is 10.1 Å². The average Bonchev–Trinajstić information content (AvgIpc) is 3.21. The summed E-state index contributed by atoms with van der Waals surface area (Å²) in [5, 5.41) is 15.7. The molecule has 0 aliphatic carbocycles. The minimum atomic E-state index is -3.89. The van der Waals surface area contributed by atoms with Crippen molar-refractivity contribution in [2.24, 2.45) is 0 Å². The van der Waals surface area contributed by atoms with Crippen molar-refractivity contribution in [3.63, 3.8) is 0 Å². The largest absolute Gasteiger partial charge is 0.462 e. The molecule has 3 rings (SSSR count). The van der Waals surface area contributed by atoms with Gasteiger partial charge in [0.1, 0.15) is 5.56 Å². The summed E-state index contributed by atoms with van der Waals surface area (Å²) in [5.41, 5.74) is 2.46. The minimum Gasteiger partial charge on any atom is -0.462 e. The van der Waals surface area contributed by atoms with Crippen LogP contribution in [-0.4, -0.2) is 54.6 Å². The fraction of sp³-hybridized carbons (Fsp3) is 0.217. The molecule has 0 aliphatic rings. The highest BCUT2D eigenvalue weighted by Crippen LogP contribution is 2.18. The van der Waals surface area contributed by atoms with E-state index < -0.39 is 28.4 Å². The topological polar surface area (TPSA) is 134 Å². The van der Waals surface area contributed by atoms with E-state index in [0.717, 1.165) is 4.31 Å². The van der Waals surface area contributed by atoms with Crippen LogP contribution in [0, 0.1) is 18.3 Å². The molecule has 34 heavy (non-hydrogen) atoms. The number of aromatic nitrogens is 2. The highest BCUT2D eigenvalue weighted by atomic mass is 32.2. The zero-order valence-corrected chi connectivity index (χ0v) is 19.7. The van der Waals surface area contributed by atoms with E-state index >= 15 is 0 Å². The number of likely N-dealkylation sites (N-methyl/N-ethyl adjacent to an activating group) is 1. The standard InChI is InChI=1S/C23H23N5O5S/c1-4-33-23(30)21-14-25-28(16(21)2)19-9-7-18(8-10-19)26-22(29)15-27(3)34(31,32)20-11-5-17(13-24)6-12-20/h5-12,14H,4,15H2,1-3H3,(H,26,29). The Kier molecular flexibility index (Phi) is 7.45. The first-order valence-corrected chi connectivity index (χ1v) is 11.7. The number of rotatable bonds is 8. The normalized spacial score (nSPS) is 11.1. The smallest absolute Gasteiger partial charge is 0.341 e. The molecular formula is C23H23N5O5S. The van der Waals surface area contributed by atoms with Crippen LogP contribution in [0.1, 0.15) is 28.5 Å². The molecule has 0 aliphatic heterocycles. The second-order valence-corrected chi connectivity index (χ2v) is 9.31. The number of nitrogens with one attached hydrogen (secondary N) is 1. The molecule has 0 spiro atoms. The van der Waals surface area contributed by atoms with Gasteiger partial charge in [0.05, 0.1) is 47.3 Å². The molecule has 3 aromatic rings. The van der Waals surface area contributed by atoms with E-state index in [0.29, 0.717) is 28.2 Å². The summed E-state index contributed by atoms with van der Waals surface area (Å²) < 4.78 is 32.9. The van der Waals surface area contributed by atoms with E-state index in [1.54, 1.807) is 42.8 Å². The molecule has 0 fully saturated rings. The number of nitrogens with zero attached hydrogens (tertiary/aromatic N) is 4. The van der Waals surface area contributed by atoms with Gasteiger partial charge in [-0.25, -0.2) is 17.9 Å². The second-order valence-electron chi connectivity index (χ2n) is 7.27. The van der Waals surface area contributed by atoms with E-state index in [1.807, 2.05) is 6.07 Å². The van der Waals surface area contributed by atoms with Gasteiger partial charge >= 0.3 is 5.97 Å². The van der Waals surface area contributed by atoms with Gasteiger partial charge in [-0.3, -0.25) is 4.79 Å². The van der Waals surface area contributed by atoms with Crippen LogP contribution in [0.25, 0.3) is 5.69 Å². The highest BCUT2D eigenvalue weighted by molar-refractivity contribution is 7.89. The summed E-state index contributed by atoms with van der Waals surface area (Å²) in [6.07, 6.45) is 1.44. The second kappa shape index (κ2) is 10.3. The van der Waals surface area contributed by atoms with E-state index in [2.05, 4.69) is 10.4 Å². The summed E-state index contributed by atoms with van der Waals surface area (Å²) in [4.78, 5) is 24.4. The predicted molar refractivity (Wildman–Crippen MR) is 124 cm³/mol. The van der Waals surface area contributed by atoms with Crippen molar-refractivity contribution in [3.8, 4) is 11.8 Å². The lowest BCUT2D eigenvalue weighted by molar-refractivity contribution is -0.116. The molecule has 1 amide bonds. The molecule has 0 saturated heterocycles. The molecule has 11 heteroatoms. The van der Waals surface area contributed by atoms with Crippen LogP contribution in [0.2, 0.25) is 0 Å². The molecule has 1 N–H and O–H groups in total. The van der Waals surface area contributed by atoms with Crippen LogP contribution in [0.5, 0.6) is 0 Å². The molecule has 0 atom stereocenters. The van der Waals surface area contributed by atoms with Crippen LogP contribution in [0.4, 0.5) is 5.69 Å². The third-order valence-electron chi connectivity index (χ3n) is 4.96. The Hall–Kier alpha value is -4.01. The van der Waals surface area contributed by atoms with Crippen molar-refractivity contribution >= 4 is 27.6 Å². The first-order valence-electron chi connectivity index (χ1n) is 10.3. The monoisotopic (exact) mass is 481 g/mol. The molecule has 176 valence electrons. The Bertz CT molecular complexity index is 1340. The Morgan fingerprint density at radius 3 is 2.38 bits per heavy atom. The summed E-state index contributed by atoms with van der Waals surface area (Å²) in [6.45, 7) is 3.34. The van der Waals surface area contributed by atoms with Crippen molar-refractivity contribution in [2.45, 2.75) is 18.7 Å². The molecule has 0 unspecified atom stereocenters. The van der Waals surface area contributed by atoms with Gasteiger partial charge in [-0.15, -0.1) is 0 Å². The zero-order valence-electron chi connectivity index (χ0n) is 18.8. The van der Waals surface area contributed by atoms with Gasteiger partial charge in [-0.1, -0.05) is 0 Å². The maximum Gasteiger partial charge on any atom is 0.341 e. The number of anilines is 1. The first-order chi connectivity index (χ1) is 16.2. The molecule has 0 bridgehead atoms. The first kappa shape index (κ1) is 24.6. The fourth-order valence-electron chi connectivity index (χ4n) is 3.13. The average molecular weight is 482 g/mol. The lowest BCUT2D eigenvalue weighted by Gasteiger charge is -2.17. The van der Waals surface area contributed by atoms with Gasteiger partial charge in [0.25, 0.3) is 0 Å². The van der Waals surface area contributed by atoms with Crippen molar-refractivity contribution in [1.82, 2.24) is 14.1 Å². The van der Waals surface area contributed by atoms with Crippen LogP contribution in [0.15, 0.2) is 59.6 Å². The molecule has 0 radical (unpaired) electrons. The SMILES string of the molecule is CCOC(=O)c1cnn(-c2ccc(NC(=O)CN(C)S(=O)(=O)c3ccc(C#N)cc3)cc2)c1C. The fourth-order valence-corrected chi connectivity index (χ4v) is 4.26. The van der Waals surface area contributed by atoms with Gasteiger partial charge in [0.15, 0.2) is 0 Å². The number of amides is 1. The predicted octanol–water partition coefficient (Wildman–Crippen LogP) is 2.49. The number of nitriles is 1. The third kappa shape index (κ3) is 5.31. The number of benzene rings is 2. The summed E-state index contributed by atoms with van der Waals surface area (Å²) in [6, 6.07) is 14.1. The number of hydrogen-bond donors (Lipinski definition) is 1. The quantitative estimate of drug-likeness (QED) is 0.489. The highest BCUT2D eigenvalue weighted by Gasteiger charge is 2.23. The molecule has 1 heterocycles. The Balaban J connectivity index is 1.66. The molecule has 10 nitrogen and oxygen atoms in total. The van der Waals surface area contributed by atoms with Crippen LogP contribution < -0.4 is 5.32 Å². The lowest BCUT2D eigenvalue weighted by Crippen LogP contribution is -2.34. The van der Waals surface area contributed by atoms with Crippen LogP contribution in [-0.2, 0) is 19.6 Å². The maximum atomic E-state index is 12.7. The Labute approximate surface area is 197 Å². The number of carbonyl (C=O) groups is 2. The Morgan fingerprint density at radius 1 is 1.15 bits per heavy atom.